The second-order valence-electron chi connectivity index (χ2n) is 4.08. The SMILES string of the molecule is CCOCCCCNCCOc1cc(F)ccc1Br. The molecule has 0 unspecified atom stereocenters. The first-order valence-corrected chi connectivity index (χ1v) is 7.39. The van der Waals surface area contributed by atoms with Gasteiger partial charge in [-0.2, -0.15) is 0 Å². The third-order valence-electron chi connectivity index (χ3n) is 2.53. The summed E-state index contributed by atoms with van der Waals surface area (Å²) >= 11 is 3.32. The Labute approximate surface area is 122 Å². The van der Waals surface area contributed by atoms with E-state index in [1.807, 2.05) is 6.92 Å². The van der Waals surface area contributed by atoms with E-state index in [0.717, 1.165) is 43.6 Å². The van der Waals surface area contributed by atoms with E-state index < -0.39 is 0 Å². The van der Waals surface area contributed by atoms with E-state index in [1.165, 1.54) is 12.1 Å². The van der Waals surface area contributed by atoms with E-state index >= 15 is 0 Å². The van der Waals surface area contributed by atoms with Gasteiger partial charge in [0, 0.05) is 25.8 Å². The highest BCUT2D eigenvalue weighted by molar-refractivity contribution is 9.10. The molecule has 1 aromatic rings. The molecule has 0 aliphatic rings. The van der Waals surface area contributed by atoms with E-state index in [0.29, 0.717) is 12.4 Å². The maximum absolute atomic E-state index is 13.0. The minimum Gasteiger partial charge on any atom is -0.491 e. The Balaban J connectivity index is 2.03. The summed E-state index contributed by atoms with van der Waals surface area (Å²) in [6.45, 7) is 5.82. The summed E-state index contributed by atoms with van der Waals surface area (Å²) < 4.78 is 24.5. The van der Waals surface area contributed by atoms with E-state index in [4.69, 9.17) is 9.47 Å². The molecule has 0 saturated carbocycles. The summed E-state index contributed by atoms with van der Waals surface area (Å²) in [7, 11) is 0. The van der Waals surface area contributed by atoms with Gasteiger partial charge < -0.3 is 14.8 Å². The lowest BCUT2D eigenvalue weighted by Crippen LogP contribution is -2.22. The van der Waals surface area contributed by atoms with Crippen molar-refractivity contribution in [3.8, 4) is 5.75 Å². The molecule has 19 heavy (non-hydrogen) atoms. The van der Waals surface area contributed by atoms with Crippen molar-refractivity contribution in [1.82, 2.24) is 5.32 Å². The number of rotatable bonds is 10. The van der Waals surface area contributed by atoms with Crippen LogP contribution in [0.2, 0.25) is 0 Å². The van der Waals surface area contributed by atoms with E-state index in [-0.39, 0.29) is 5.82 Å². The summed E-state index contributed by atoms with van der Waals surface area (Å²) in [5.41, 5.74) is 0. The first-order chi connectivity index (χ1) is 9.24. The van der Waals surface area contributed by atoms with Gasteiger partial charge >= 0.3 is 0 Å². The third kappa shape index (κ3) is 7.50. The second kappa shape index (κ2) is 10.2. The minimum atomic E-state index is -0.290. The first kappa shape index (κ1) is 16.4. The van der Waals surface area contributed by atoms with Crippen molar-refractivity contribution in [2.24, 2.45) is 0 Å². The predicted octanol–water partition coefficient (Wildman–Crippen LogP) is 3.37. The molecule has 0 aromatic heterocycles. The second-order valence-corrected chi connectivity index (χ2v) is 4.93. The Morgan fingerprint density at radius 3 is 2.84 bits per heavy atom. The fourth-order valence-electron chi connectivity index (χ4n) is 1.54. The number of halogens is 2. The molecule has 1 rings (SSSR count). The Bertz CT molecular complexity index is 363. The average Bonchev–Trinajstić information content (AvgIpc) is 2.40. The van der Waals surface area contributed by atoms with Crippen LogP contribution in [-0.2, 0) is 4.74 Å². The molecule has 0 aliphatic carbocycles. The van der Waals surface area contributed by atoms with Gasteiger partial charge in [0.25, 0.3) is 0 Å². The average molecular weight is 334 g/mol. The van der Waals surface area contributed by atoms with Crippen molar-refractivity contribution in [1.29, 1.82) is 0 Å². The predicted molar refractivity (Wildman–Crippen MR) is 78.2 cm³/mol. The van der Waals surface area contributed by atoms with Crippen LogP contribution in [0, 0.1) is 5.82 Å². The zero-order valence-corrected chi connectivity index (χ0v) is 12.8. The molecule has 1 N–H and O–H groups in total. The van der Waals surface area contributed by atoms with E-state index in [2.05, 4.69) is 21.2 Å². The van der Waals surface area contributed by atoms with Gasteiger partial charge in [0.2, 0.25) is 0 Å². The highest BCUT2D eigenvalue weighted by Crippen LogP contribution is 2.25. The van der Waals surface area contributed by atoms with Crippen LogP contribution in [0.3, 0.4) is 0 Å². The number of nitrogens with one attached hydrogen (secondary N) is 1. The van der Waals surface area contributed by atoms with Crippen LogP contribution in [0.1, 0.15) is 19.8 Å². The summed E-state index contributed by atoms with van der Waals surface area (Å²) in [4.78, 5) is 0. The zero-order chi connectivity index (χ0) is 13.9. The lowest BCUT2D eigenvalue weighted by molar-refractivity contribution is 0.143. The molecule has 108 valence electrons. The molecule has 0 aliphatic heterocycles. The standard InChI is InChI=1S/C14H21BrFNO2/c1-2-18-9-4-3-7-17-8-10-19-14-11-12(16)5-6-13(14)15/h5-6,11,17H,2-4,7-10H2,1H3. The van der Waals surface area contributed by atoms with Crippen LogP contribution >= 0.6 is 15.9 Å². The van der Waals surface area contributed by atoms with E-state index in [9.17, 15) is 4.39 Å². The number of unbranched alkanes of at least 4 members (excludes halogenated alkanes) is 1. The Hall–Kier alpha value is -0.650. The van der Waals surface area contributed by atoms with Crippen molar-refractivity contribution < 1.29 is 13.9 Å². The molecular weight excluding hydrogens is 313 g/mol. The zero-order valence-electron chi connectivity index (χ0n) is 11.3. The van der Waals surface area contributed by atoms with Gasteiger partial charge in [-0.05, 0) is 54.4 Å². The summed E-state index contributed by atoms with van der Waals surface area (Å²) in [6.07, 6.45) is 2.15. The molecule has 3 nitrogen and oxygen atoms in total. The Morgan fingerprint density at radius 1 is 1.21 bits per heavy atom. The molecule has 0 amide bonds. The summed E-state index contributed by atoms with van der Waals surface area (Å²) in [5.74, 6) is 0.250. The minimum absolute atomic E-state index is 0.290. The van der Waals surface area contributed by atoms with Gasteiger partial charge in [0.1, 0.15) is 18.2 Å². The van der Waals surface area contributed by atoms with Gasteiger partial charge in [-0.15, -0.1) is 0 Å². The van der Waals surface area contributed by atoms with Crippen LogP contribution in [0.15, 0.2) is 22.7 Å². The largest absolute Gasteiger partial charge is 0.491 e. The molecule has 0 radical (unpaired) electrons. The maximum Gasteiger partial charge on any atom is 0.136 e. The summed E-state index contributed by atoms with van der Waals surface area (Å²) in [5, 5.41) is 3.28. The smallest absolute Gasteiger partial charge is 0.136 e. The van der Waals surface area contributed by atoms with Crippen LogP contribution in [0.5, 0.6) is 5.75 Å². The lowest BCUT2D eigenvalue weighted by atomic mass is 10.3. The van der Waals surface area contributed by atoms with Crippen molar-refractivity contribution in [2.45, 2.75) is 19.8 Å². The molecule has 0 bridgehead atoms. The Morgan fingerprint density at radius 2 is 2.05 bits per heavy atom. The van der Waals surface area contributed by atoms with Crippen molar-refractivity contribution in [3.05, 3.63) is 28.5 Å². The molecule has 1 aromatic carbocycles. The molecule has 0 fully saturated rings. The summed E-state index contributed by atoms with van der Waals surface area (Å²) in [6, 6.07) is 4.42. The van der Waals surface area contributed by atoms with Gasteiger partial charge in [0.15, 0.2) is 0 Å². The van der Waals surface area contributed by atoms with Gasteiger partial charge in [0.05, 0.1) is 4.47 Å². The van der Waals surface area contributed by atoms with E-state index in [1.54, 1.807) is 6.07 Å². The third-order valence-corrected chi connectivity index (χ3v) is 3.18. The monoisotopic (exact) mass is 333 g/mol. The normalized spacial score (nSPS) is 10.7. The molecule has 5 heteroatoms. The van der Waals surface area contributed by atoms with Gasteiger partial charge in [-0.1, -0.05) is 0 Å². The van der Waals surface area contributed by atoms with Crippen molar-refractivity contribution in [2.75, 3.05) is 32.9 Å². The van der Waals surface area contributed by atoms with Crippen molar-refractivity contribution >= 4 is 15.9 Å². The quantitative estimate of drug-likeness (QED) is 0.666. The first-order valence-electron chi connectivity index (χ1n) is 6.60. The number of ether oxygens (including phenoxy) is 2. The van der Waals surface area contributed by atoms with Crippen LogP contribution in [0.4, 0.5) is 4.39 Å². The Kier molecular flexibility index (Phi) is 8.79. The molecule has 0 atom stereocenters. The molecule has 0 saturated heterocycles. The van der Waals surface area contributed by atoms with Gasteiger partial charge in [-0.3, -0.25) is 0 Å². The van der Waals surface area contributed by atoms with Crippen LogP contribution in [-0.4, -0.2) is 32.9 Å². The molecule has 0 spiro atoms. The maximum atomic E-state index is 13.0. The number of hydrogen-bond acceptors (Lipinski definition) is 3. The topological polar surface area (TPSA) is 30.5 Å². The molecular formula is C14H21BrFNO2. The van der Waals surface area contributed by atoms with Crippen LogP contribution in [0.25, 0.3) is 0 Å². The number of benzene rings is 1. The lowest BCUT2D eigenvalue weighted by Gasteiger charge is -2.09. The fourth-order valence-corrected chi connectivity index (χ4v) is 1.91. The van der Waals surface area contributed by atoms with Crippen LogP contribution < -0.4 is 10.1 Å². The highest BCUT2D eigenvalue weighted by atomic mass is 79.9. The fraction of sp³-hybridized carbons (Fsp3) is 0.571. The highest BCUT2D eigenvalue weighted by Gasteiger charge is 2.02. The number of hydrogen-bond donors (Lipinski definition) is 1. The molecule has 0 heterocycles. The van der Waals surface area contributed by atoms with Crippen molar-refractivity contribution in [3.63, 3.8) is 0 Å². The van der Waals surface area contributed by atoms with Gasteiger partial charge in [-0.25, -0.2) is 4.39 Å².